The minimum atomic E-state index is -4.51. The van der Waals surface area contributed by atoms with Gasteiger partial charge in [0.25, 0.3) is 16.6 Å². The first-order valence-corrected chi connectivity index (χ1v) is 34.0. The van der Waals surface area contributed by atoms with Crippen molar-refractivity contribution >= 4 is 130 Å². The van der Waals surface area contributed by atoms with Crippen LogP contribution in [0.3, 0.4) is 0 Å². The van der Waals surface area contributed by atoms with Crippen molar-refractivity contribution in [1.82, 2.24) is 49.5 Å². The average Bonchev–Trinajstić information content (AvgIpc) is 1.75. The number of Topliss-reactive ketones (excluding diaryl/α,β-unsaturated/α-hetero) is 2. The van der Waals surface area contributed by atoms with E-state index in [1.807, 2.05) is 11.9 Å². The van der Waals surface area contributed by atoms with E-state index in [4.69, 9.17) is 33.9 Å². The second kappa shape index (κ2) is 29.3. The Hall–Kier alpha value is -9.05. The summed E-state index contributed by atoms with van der Waals surface area (Å²) in [6.07, 6.45) is 5.85. The van der Waals surface area contributed by atoms with Crippen molar-refractivity contribution in [1.29, 1.82) is 0 Å². The molecule has 12 rings (SSSR count). The van der Waals surface area contributed by atoms with Crippen LogP contribution in [0.4, 0.5) is 51.7 Å². The van der Waals surface area contributed by atoms with Crippen LogP contribution in [-0.4, -0.2) is 132 Å². The number of halogens is 7. The van der Waals surface area contributed by atoms with Crippen LogP contribution in [0, 0.1) is 11.6 Å². The van der Waals surface area contributed by atoms with Crippen LogP contribution in [0.2, 0.25) is 10.0 Å². The highest BCUT2D eigenvalue weighted by Gasteiger charge is 2.46. The first kappa shape index (κ1) is 68.8. The van der Waals surface area contributed by atoms with Gasteiger partial charge in [0.1, 0.15) is 48.7 Å². The number of aromatic nitrogens is 8. The second-order valence-corrected chi connectivity index (χ2v) is 27.7. The Balaban J connectivity index is 0.000000172. The Morgan fingerprint density at radius 3 is 1.54 bits per heavy atom. The summed E-state index contributed by atoms with van der Waals surface area (Å²) in [7, 11) is 0.631. The Morgan fingerprint density at radius 2 is 1.08 bits per heavy atom. The molecule has 2 aliphatic heterocycles. The third kappa shape index (κ3) is 15.9. The quantitative estimate of drug-likeness (QED) is 0.0285. The third-order valence-electron chi connectivity index (χ3n) is 15.5. The minimum Gasteiger partial charge on any atom is -0.342 e. The Bertz CT molecular complexity index is 4720. The first-order chi connectivity index (χ1) is 45.3. The number of fused-ring (bicyclic) bond motifs is 2. The number of carbonyl (C=O) groups is 4. The number of amides is 2. The molecule has 2 saturated heterocycles. The molecule has 0 saturated carbocycles. The molecule has 0 bridgehead atoms. The molecule has 0 spiro atoms. The minimum absolute atomic E-state index is 0.0523. The van der Waals surface area contributed by atoms with Crippen molar-refractivity contribution in [2.24, 2.45) is 0 Å². The van der Waals surface area contributed by atoms with Crippen LogP contribution < -0.4 is 25.8 Å². The van der Waals surface area contributed by atoms with Crippen LogP contribution in [0.1, 0.15) is 47.7 Å². The van der Waals surface area contributed by atoms with Gasteiger partial charge in [-0.3, -0.25) is 28.4 Å². The summed E-state index contributed by atoms with van der Waals surface area (Å²) in [5.41, 5.74) is 5.36. The van der Waals surface area contributed by atoms with Crippen LogP contribution in [0.15, 0.2) is 159 Å². The van der Waals surface area contributed by atoms with Gasteiger partial charge >= 0.3 is 0 Å². The Labute approximate surface area is 555 Å². The van der Waals surface area contributed by atoms with E-state index in [2.05, 4.69) is 46.1 Å². The van der Waals surface area contributed by atoms with Gasteiger partial charge in [-0.25, -0.2) is 55.3 Å². The van der Waals surface area contributed by atoms with Gasteiger partial charge < -0.3 is 30.6 Å². The number of rotatable bonds is 17. The summed E-state index contributed by atoms with van der Waals surface area (Å²) in [5.74, 6) is -3.76. The van der Waals surface area contributed by atoms with E-state index >= 15 is 4.39 Å². The highest BCUT2D eigenvalue weighted by atomic mass is 35.7. The van der Waals surface area contributed by atoms with E-state index in [9.17, 15) is 50.2 Å². The standard InChI is InChI=1S/C32H29ClF2N7O4P.C17H15ClF2N2O.C15H14ClN5O3S/c1-19(43)31-25-13-21(40(2)22-14-36-17-37-15-22)10-11-28(25)41(39-31)18-47(45,46)42-16-20(34)12-29(42)32(44)38-27-9-5-7-24(30(27)35)23-6-3-4-8-26(23)33;18-13-6-2-1-4-11(13)12-5-3-7-14(16(12)20)22-17(23)15-8-10(19)9-21-15;1-10(22)15-13-5-11(20(2)12-6-17-8-18-7-12)3-4-14(13)21(19-15)9-25(16,23)24/h3-11,13-15,17,20,29H,12,16,18H2,1-2H3,(H,38,44)(H,45,46);1-7,10,15,21H,8-9H2,(H,22,23);3-8H,9H2,1-2H3/t20-,29+;10-,15+;/m11./s1. The molecule has 5 atom stereocenters. The van der Waals surface area contributed by atoms with E-state index in [1.165, 1.54) is 60.1 Å². The van der Waals surface area contributed by atoms with Crippen molar-refractivity contribution in [2.45, 2.75) is 63.3 Å². The summed E-state index contributed by atoms with van der Waals surface area (Å²) in [6, 6.07) is 31.0. The topological polar surface area (TPSA) is 273 Å². The zero-order valence-corrected chi connectivity index (χ0v) is 54.8. The van der Waals surface area contributed by atoms with Gasteiger partial charge in [0, 0.05) is 119 Å². The van der Waals surface area contributed by atoms with Gasteiger partial charge in [0.2, 0.25) is 11.8 Å². The molecule has 2 amide bonds. The van der Waals surface area contributed by atoms with Crippen LogP contribution in [-0.2, 0) is 35.4 Å². The molecule has 2 aliphatic rings. The zero-order chi connectivity index (χ0) is 68.0. The lowest BCUT2D eigenvalue weighted by atomic mass is 10.0. The number of carbonyl (C=O) groups excluding carboxylic acids is 4. The molecule has 4 N–H and O–H groups in total. The molecule has 2 fully saturated rings. The van der Waals surface area contributed by atoms with Crippen molar-refractivity contribution in [3.63, 3.8) is 0 Å². The third-order valence-corrected chi connectivity index (χ3v) is 18.9. The molecule has 95 heavy (non-hydrogen) atoms. The molecule has 31 heteroatoms. The number of anilines is 6. The van der Waals surface area contributed by atoms with E-state index in [0.717, 1.165) is 16.0 Å². The fourth-order valence-corrected chi connectivity index (χ4v) is 13.9. The van der Waals surface area contributed by atoms with Gasteiger partial charge in [-0.1, -0.05) is 83.9 Å². The van der Waals surface area contributed by atoms with Crippen LogP contribution >= 0.6 is 41.4 Å². The van der Waals surface area contributed by atoms with Crippen molar-refractivity contribution in [3.8, 4) is 22.3 Å². The summed E-state index contributed by atoms with van der Waals surface area (Å²) >= 11 is 12.4. The number of benzene rings is 6. The molecule has 4 aromatic heterocycles. The summed E-state index contributed by atoms with van der Waals surface area (Å²) < 4.78 is 98.2. The monoisotopic (exact) mass is 1390 g/mol. The van der Waals surface area contributed by atoms with E-state index in [0.29, 0.717) is 59.9 Å². The van der Waals surface area contributed by atoms with E-state index in [1.54, 1.807) is 134 Å². The number of hydrogen-bond donors (Lipinski definition) is 4. The van der Waals surface area contributed by atoms with Gasteiger partial charge in [0.15, 0.2) is 29.1 Å². The molecule has 0 aliphatic carbocycles. The molecule has 22 nitrogen and oxygen atoms in total. The highest BCUT2D eigenvalue weighted by molar-refractivity contribution is 8.13. The number of alkyl halides is 2. The number of ketones is 2. The largest absolute Gasteiger partial charge is 0.342 e. The molecule has 0 radical (unpaired) electrons. The maximum absolute atomic E-state index is 15.6. The fourth-order valence-electron chi connectivity index (χ4n) is 10.8. The zero-order valence-electron chi connectivity index (χ0n) is 50.8. The lowest BCUT2D eigenvalue weighted by Crippen LogP contribution is -2.38. The smallest absolute Gasteiger partial charge is 0.291 e. The molecule has 6 aromatic carbocycles. The Morgan fingerprint density at radius 1 is 0.632 bits per heavy atom. The lowest BCUT2D eigenvalue weighted by Gasteiger charge is -2.28. The van der Waals surface area contributed by atoms with Gasteiger partial charge in [0.05, 0.1) is 64.6 Å². The number of nitrogens with one attached hydrogen (secondary N) is 3. The maximum Gasteiger partial charge on any atom is 0.291 e. The SMILES string of the molecule is CC(=O)c1nn(CP(=O)(O)N2C[C@H](F)C[C@H]2C(=O)Nc2cccc(-c3ccccc3Cl)c2F)c2ccc(N(C)c3cncnc3)cc12.CC(=O)c1nn(CS(=O)(=O)Cl)c2ccc(N(C)c3cncnc3)cc12.O=C(Nc1cccc(-c2ccccc2Cl)c1F)[C@@H]1C[C@@H](F)CN1. The normalized spacial score (nSPS) is 16.8. The summed E-state index contributed by atoms with van der Waals surface area (Å²) in [5, 5.41) is 17.9. The molecule has 6 heterocycles. The van der Waals surface area contributed by atoms with Gasteiger partial charge in [-0.05, 0) is 60.7 Å². The molecule has 10 aromatic rings. The highest BCUT2D eigenvalue weighted by Crippen LogP contribution is 2.52. The molecular weight excluding hydrogens is 1340 g/mol. The second-order valence-electron chi connectivity index (χ2n) is 22.0. The Kier molecular flexibility index (Phi) is 21.2. The molecule has 492 valence electrons. The molecular formula is C64H58Cl3F4N14O8PS. The first-order valence-electron chi connectivity index (χ1n) is 29.0. The van der Waals surface area contributed by atoms with Gasteiger partial charge in [-0.15, -0.1) is 0 Å². The van der Waals surface area contributed by atoms with Crippen molar-refractivity contribution in [2.75, 3.05) is 47.6 Å². The van der Waals surface area contributed by atoms with Crippen LogP contribution in [0.25, 0.3) is 44.1 Å². The predicted octanol–water partition coefficient (Wildman–Crippen LogP) is 12.6. The number of hydrogen-bond acceptors (Lipinski definition) is 16. The number of nitrogens with zero attached hydrogens (tertiary/aromatic N) is 11. The van der Waals surface area contributed by atoms with Crippen molar-refractivity contribution < 1.29 is 54.6 Å². The predicted molar refractivity (Wildman–Crippen MR) is 357 cm³/mol. The summed E-state index contributed by atoms with van der Waals surface area (Å²) in [4.78, 5) is 81.0. The molecule has 1 unspecified atom stereocenters. The lowest BCUT2D eigenvalue weighted by molar-refractivity contribution is -0.119. The average molecular weight is 1400 g/mol. The van der Waals surface area contributed by atoms with E-state index < -0.39 is 83.2 Å². The van der Waals surface area contributed by atoms with Crippen molar-refractivity contribution in [3.05, 3.63) is 192 Å². The van der Waals surface area contributed by atoms with Gasteiger partial charge in [-0.2, -0.15) is 10.2 Å². The summed E-state index contributed by atoms with van der Waals surface area (Å²) in [6.45, 7) is 2.35. The van der Waals surface area contributed by atoms with E-state index in [-0.39, 0.29) is 59.3 Å². The maximum atomic E-state index is 15.6. The fraction of sp³-hybridized carbons (Fsp3) is 0.219. The van der Waals surface area contributed by atoms with Crippen LogP contribution in [0.5, 0.6) is 0 Å².